The van der Waals surface area contributed by atoms with E-state index in [-0.39, 0.29) is 18.4 Å². The number of amides is 2. The Morgan fingerprint density at radius 1 is 1.18 bits per heavy atom. The molecule has 2 aromatic carbocycles. The molecule has 0 bridgehead atoms. The average Bonchev–Trinajstić information content (AvgIpc) is 3.34. The second-order valence-corrected chi connectivity index (χ2v) is 7.34. The third-order valence-electron chi connectivity index (χ3n) is 4.69. The van der Waals surface area contributed by atoms with Gasteiger partial charge in [-0.25, -0.2) is 4.98 Å². The Bertz CT molecular complexity index is 1000. The van der Waals surface area contributed by atoms with Crippen LogP contribution in [0.3, 0.4) is 0 Å². The Balaban J connectivity index is 1.38. The van der Waals surface area contributed by atoms with Crippen molar-refractivity contribution in [3.8, 4) is 11.3 Å². The van der Waals surface area contributed by atoms with E-state index >= 15 is 0 Å². The molecule has 28 heavy (non-hydrogen) atoms. The molecule has 0 unspecified atom stereocenters. The second-order valence-electron chi connectivity index (χ2n) is 6.48. The summed E-state index contributed by atoms with van der Waals surface area (Å²) in [4.78, 5) is 31.1. The molecule has 1 atom stereocenters. The Kier molecular flexibility index (Phi) is 5.25. The smallest absolute Gasteiger partial charge is 0.239 e. The molecule has 7 heteroatoms. The minimum atomic E-state index is -0.698. The maximum Gasteiger partial charge on any atom is 0.239 e. The standard InChI is InChI=1S/C21H18BrN3O3/c22-16-8-4-5-9-17(16)25-11-10-15(21(25)27)20(26)24-13-19-23-12-18(28-19)14-6-2-1-3-7-14/h1-9,12,15H,10-11,13H2,(H,24,26)/t15-/m0/s1. The minimum Gasteiger partial charge on any atom is -0.439 e. The molecule has 0 saturated carbocycles. The van der Waals surface area contributed by atoms with E-state index in [1.165, 1.54) is 0 Å². The molecule has 2 heterocycles. The number of para-hydroxylation sites is 1. The zero-order valence-corrected chi connectivity index (χ0v) is 16.6. The summed E-state index contributed by atoms with van der Waals surface area (Å²) in [5.74, 6) is -0.154. The first-order valence-corrected chi connectivity index (χ1v) is 9.76. The van der Waals surface area contributed by atoms with Crippen molar-refractivity contribution in [2.45, 2.75) is 13.0 Å². The molecule has 1 saturated heterocycles. The van der Waals surface area contributed by atoms with Crippen LogP contribution in [0.5, 0.6) is 0 Å². The number of carbonyl (C=O) groups excluding carboxylic acids is 2. The lowest BCUT2D eigenvalue weighted by Crippen LogP contribution is -2.36. The maximum atomic E-state index is 12.7. The molecule has 1 aromatic heterocycles. The summed E-state index contributed by atoms with van der Waals surface area (Å²) in [6.45, 7) is 0.654. The molecule has 6 nitrogen and oxygen atoms in total. The van der Waals surface area contributed by atoms with E-state index in [4.69, 9.17) is 4.42 Å². The van der Waals surface area contributed by atoms with Crippen LogP contribution in [-0.4, -0.2) is 23.3 Å². The van der Waals surface area contributed by atoms with Gasteiger partial charge in [-0.15, -0.1) is 0 Å². The second kappa shape index (κ2) is 7.98. The van der Waals surface area contributed by atoms with Gasteiger partial charge in [-0.3, -0.25) is 9.59 Å². The van der Waals surface area contributed by atoms with E-state index < -0.39 is 5.92 Å². The van der Waals surface area contributed by atoms with Crippen LogP contribution in [0.2, 0.25) is 0 Å². The zero-order valence-electron chi connectivity index (χ0n) is 15.0. The molecule has 0 spiro atoms. The predicted octanol–water partition coefficient (Wildman–Crippen LogP) is 3.77. The number of nitrogens with zero attached hydrogens (tertiary/aromatic N) is 2. The lowest BCUT2D eigenvalue weighted by atomic mass is 10.1. The van der Waals surface area contributed by atoms with Crippen LogP contribution in [0, 0.1) is 5.92 Å². The van der Waals surface area contributed by atoms with E-state index in [0.717, 1.165) is 15.7 Å². The molecular weight excluding hydrogens is 422 g/mol. The topological polar surface area (TPSA) is 75.4 Å². The van der Waals surface area contributed by atoms with Crippen LogP contribution in [0.1, 0.15) is 12.3 Å². The van der Waals surface area contributed by atoms with Crippen molar-refractivity contribution in [2.24, 2.45) is 5.92 Å². The van der Waals surface area contributed by atoms with E-state index in [1.54, 1.807) is 11.1 Å². The lowest BCUT2D eigenvalue weighted by molar-refractivity contribution is -0.132. The Morgan fingerprint density at radius 3 is 2.71 bits per heavy atom. The fourth-order valence-electron chi connectivity index (χ4n) is 3.25. The van der Waals surface area contributed by atoms with Crippen molar-refractivity contribution >= 4 is 33.4 Å². The van der Waals surface area contributed by atoms with Gasteiger partial charge in [0.05, 0.1) is 18.4 Å². The molecule has 1 aliphatic rings. The molecule has 0 radical (unpaired) electrons. The lowest BCUT2D eigenvalue weighted by Gasteiger charge is -2.18. The van der Waals surface area contributed by atoms with Crippen LogP contribution in [0.15, 0.2) is 69.7 Å². The molecule has 4 rings (SSSR count). The summed E-state index contributed by atoms with van der Waals surface area (Å²) >= 11 is 3.46. The monoisotopic (exact) mass is 439 g/mol. The molecule has 2 amide bonds. The fraction of sp³-hybridized carbons (Fsp3) is 0.190. The number of anilines is 1. The molecule has 0 aliphatic carbocycles. The summed E-state index contributed by atoms with van der Waals surface area (Å²) in [5.41, 5.74) is 1.70. The van der Waals surface area contributed by atoms with E-state index in [2.05, 4.69) is 26.2 Å². The van der Waals surface area contributed by atoms with Crippen molar-refractivity contribution in [3.05, 3.63) is 71.2 Å². The third-order valence-corrected chi connectivity index (χ3v) is 5.36. The fourth-order valence-corrected chi connectivity index (χ4v) is 3.75. The largest absolute Gasteiger partial charge is 0.439 e. The van der Waals surface area contributed by atoms with Gasteiger partial charge in [-0.1, -0.05) is 42.5 Å². The first-order chi connectivity index (χ1) is 13.6. The highest BCUT2D eigenvalue weighted by molar-refractivity contribution is 9.10. The summed E-state index contributed by atoms with van der Waals surface area (Å²) in [6.07, 6.45) is 2.11. The van der Waals surface area contributed by atoms with Crippen LogP contribution in [-0.2, 0) is 16.1 Å². The molecule has 142 valence electrons. The van der Waals surface area contributed by atoms with Crippen LogP contribution < -0.4 is 10.2 Å². The van der Waals surface area contributed by atoms with Gasteiger partial charge in [0, 0.05) is 16.6 Å². The van der Waals surface area contributed by atoms with Crippen molar-refractivity contribution in [1.82, 2.24) is 10.3 Å². The number of hydrogen-bond acceptors (Lipinski definition) is 4. The van der Waals surface area contributed by atoms with Crippen molar-refractivity contribution in [3.63, 3.8) is 0 Å². The van der Waals surface area contributed by atoms with Gasteiger partial charge < -0.3 is 14.6 Å². The van der Waals surface area contributed by atoms with Gasteiger partial charge in [0.2, 0.25) is 17.7 Å². The first-order valence-electron chi connectivity index (χ1n) is 8.97. The average molecular weight is 440 g/mol. The molecule has 1 aliphatic heterocycles. The van der Waals surface area contributed by atoms with Crippen LogP contribution in [0.4, 0.5) is 5.69 Å². The number of oxazole rings is 1. The number of carbonyl (C=O) groups is 2. The maximum absolute atomic E-state index is 12.7. The minimum absolute atomic E-state index is 0.143. The van der Waals surface area contributed by atoms with Crippen molar-refractivity contribution in [2.75, 3.05) is 11.4 Å². The highest BCUT2D eigenvalue weighted by atomic mass is 79.9. The van der Waals surface area contributed by atoms with Gasteiger partial charge >= 0.3 is 0 Å². The predicted molar refractivity (Wildman–Crippen MR) is 108 cm³/mol. The molecular formula is C21H18BrN3O3. The number of nitrogens with one attached hydrogen (secondary N) is 1. The van der Waals surface area contributed by atoms with Crippen LogP contribution in [0.25, 0.3) is 11.3 Å². The Morgan fingerprint density at radius 2 is 1.93 bits per heavy atom. The molecule has 1 fully saturated rings. The number of halogens is 1. The SMILES string of the molecule is O=C(NCc1ncc(-c2ccccc2)o1)[C@@H]1CCN(c2ccccc2Br)C1=O. The summed E-state index contributed by atoms with van der Waals surface area (Å²) in [5, 5.41) is 2.77. The third kappa shape index (κ3) is 3.71. The van der Waals surface area contributed by atoms with Gasteiger partial charge in [-0.05, 0) is 34.5 Å². The summed E-state index contributed by atoms with van der Waals surface area (Å²) < 4.78 is 6.52. The number of aromatic nitrogens is 1. The summed E-state index contributed by atoms with van der Waals surface area (Å²) in [7, 11) is 0. The summed E-state index contributed by atoms with van der Waals surface area (Å²) in [6, 6.07) is 17.1. The van der Waals surface area contributed by atoms with Crippen molar-refractivity contribution in [1.29, 1.82) is 0 Å². The normalized spacial score (nSPS) is 16.4. The van der Waals surface area contributed by atoms with Gasteiger partial charge in [0.15, 0.2) is 5.76 Å². The van der Waals surface area contributed by atoms with E-state index in [9.17, 15) is 9.59 Å². The Labute approximate surface area is 170 Å². The number of rotatable bonds is 5. The number of benzene rings is 2. The molecule has 3 aromatic rings. The van der Waals surface area contributed by atoms with Gasteiger partial charge in [0.25, 0.3) is 0 Å². The zero-order chi connectivity index (χ0) is 19.5. The quantitative estimate of drug-likeness (QED) is 0.613. The first kappa shape index (κ1) is 18.4. The molecule has 1 N–H and O–H groups in total. The van der Waals surface area contributed by atoms with Crippen molar-refractivity contribution < 1.29 is 14.0 Å². The van der Waals surface area contributed by atoms with Gasteiger partial charge in [-0.2, -0.15) is 0 Å². The highest BCUT2D eigenvalue weighted by Crippen LogP contribution is 2.31. The van der Waals surface area contributed by atoms with Gasteiger partial charge in [0.1, 0.15) is 5.92 Å². The Hall–Kier alpha value is -2.93. The van der Waals surface area contributed by atoms with E-state index in [1.807, 2.05) is 54.6 Å². The number of hydrogen-bond donors (Lipinski definition) is 1. The highest BCUT2D eigenvalue weighted by Gasteiger charge is 2.38. The van der Waals surface area contributed by atoms with E-state index in [0.29, 0.717) is 24.6 Å². The van der Waals surface area contributed by atoms with Crippen LogP contribution >= 0.6 is 15.9 Å².